The van der Waals surface area contributed by atoms with E-state index in [-0.39, 0.29) is 12.5 Å². The van der Waals surface area contributed by atoms with Crippen LogP contribution in [0.2, 0.25) is 0 Å². The highest BCUT2D eigenvalue weighted by molar-refractivity contribution is 6.00. The summed E-state index contributed by atoms with van der Waals surface area (Å²) < 4.78 is 10.9. The quantitative estimate of drug-likeness (QED) is 0.568. The number of carboxylic acids is 1. The SMILES string of the molecule is COc1ccc(C)cc1NC(=O)Nc1ccc(C2CCC(CC(=O)O)(OC)CC2)cc1. The normalized spacial score (nSPS) is 20.7. The number of aliphatic carboxylic acids is 1. The van der Waals surface area contributed by atoms with Crippen molar-refractivity contribution >= 4 is 23.4 Å². The molecule has 0 aromatic heterocycles. The first-order valence-corrected chi connectivity index (χ1v) is 10.4. The molecule has 3 N–H and O–H groups in total. The van der Waals surface area contributed by atoms with Crippen LogP contribution >= 0.6 is 0 Å². The van der Waals surface area contributed by atoms with Crippen molar-refractivity contribution in [3.05, 3.63) is 53.6 Å². The van der Waals surface area contributed by atoms with E-state index >= 15 is 0 Å². The summed E-state index contributed by atoms with van der Waals surface area (Å²) in [4.78, 5) is 23.6. The number of nitrogens with one attached hydrogen (secondary N) is 2. The van der Waals surface area contributed by atoms with Crippen LogP contribution in [0.3, 0.4) is 0 Å². The second-order valence-corrected chi connectivity index (χ2v) is 8.14. The molecule has 2 aromatic carbocycles. The monoisotopic (exact) mass is 426 g/mol. The molecule has 2 amide bonds. The molecule has 0 unspecified atom stereocenters. The summed E-state index contributed by atoms with van der Waals surface area (Å²) in [5.41, 5.74) is 2.96. The number of anilines is 2. The van der Waals surface area contributed by atoms with E-state index in [9.17, 15) is 9.59 Å². The van der Waals surface area contributed by atoms with Gasteiger partial charge >= 0.3 is 12.0 Å². The van der Waals surface area contributed by atoms with Gasteiger partial charge in [-0.3, -0.25) is 4.79 Å². The highest BCUT2D eigenvalue weighted by atomic mass is 16.5. The summed E-state index contributed by atoms with van der Waals surface area (Å²) in [6.45, 7) is 1.95. The summed E-state index contributed by atoms with van der Waals surface area (Å²) in [5.74, 6) is 0.136. The first kappa shape index (κ1) is 22.6. The molecule has 3 rings (SSSR count). The number of amides is 2. The first-order valence-electron chi connectivity index (χ1n) is 10.4. The van der Waals surface area contributed by atoms with Crippen LogP contribution in [0.1, 0.15) is 49.1 Å². The van der Waals surface area contributed by atoms with Gasteiger partial charge in [0.1, 0.15) is 5.75 Å². The minimum absolute atomic E-state index is 0.0416. The maximum Gasteiger partial charge on any atom is 0.323 e. The minimum atomic E-state index is -0.822. The highest BCUT2D eigenvalue weighted by Gasteiger charge is 2.37. The zero-order valence-electron chi connectivity index (χ0n) is 18.2. The molecule has 7 nitrogen and oxygen atoms in total. The molecule has 0 atom stereocenters. The molecule has 0 spiro atoms. The molecule has 0 heterocycles. The van der Waals surface area contributed by atoms with Crippen LogP contribution < -0.4 is 15.4 Å². The van der Waals surface area contributed by atoms with E-state index in [1.165, 1.54) is 5.56 Å². The molecule has 0 saturated heterocycles. The number of urea groups is 1. The predicted molar refractivity (Wildman–Crippen MR) is 120 cm³/mol. The van der Waals surface area contributed by atoms with Crippen molar-refractivity contribution in [3.8, 4) is 5.75 Å². The van der Waals surface area contributed by atoms with Gasteiger partial charge in [0.05, 0.1) is 24.8 Å². The molecule has 2 aromatic rings. The summed E-state index contributed by atoms with van der Waals surface area (Å²) in [7, 11) is 3.16. The van der Waals surface area contributed by atoms with E-state index in [1.54, 1.807) is 14.2 Å². The van der Waals surface area contributed by atoms with Crippen molar-refractivity contribution in [2.45, 2.75) is 50.5 Å². The fraction of sp³-hybridized carbons (Fsp3) is 0.417. The summed E-state index contributed by atoms with van der Waals surface area (Å²) in [6, 6.07) is 13.1. The second kappa shape index (κ2) is 9.83. The van der Waals surface area contributed by atoms with E-state index in [2.05, 4.69) is 10.6 Å². The van der Waals surface area contributed by atoms with Crippen molar-refractivity contribution in [2.75, 3.05) is 24.9 Å². The number of aryl methyl sites for hydroxylation is 1. The van der Waals surface area contributed by atoms with Gasteiger partial charge in [-0.05, 0) is 73.9 Å². The number of hydrogen-bond donors (Lipinski definition) is 3. The van der Waals surface area contributed by atoms with Crippen molar-refractivity contribution < 1.29 is 24.2 Å². The largest absolute Gasteiger partial charge is 0.495 e. The van der Waals surface area contributed by atoms with Gasteiger partial charge in [0.15, 0.2) is 0 Å². The molecule has 1 aliphatic carbocycles. The molecule has 1 fully saturated rings. The maximum absolute atomic E-state index is 12.4. The van der Waals surface area contributed by atoms with Gasteiger partial charge in [-0.2, -0.15) is 0 Å². The van der Waals surface area contributed by atoms with E-state index in [4.69, 9.17) is 14.6 Å². The Bertz CT molecular complexity index is 918. The van der Waals surface area contributed by atoms with Gasteiger partial charge in [-0.25, -0.2) is 4.79 Å². The van der Waals surface area contributed by atoms with Gasteiger partial charge in [0, 0.05) is 12.8 Å². The van der Waals surface area contributed by atoms with Crippen LogP contribution in [0.15, 0.2) is 42.5 Å². The zero-order valence-corrected chi connectivity index (χ0v) is 18.2. The Morgan fingerprint density at radius 2 is 1.74 bits per heavy atom. The van der Waals surface area contributed by atoms with Crippen LogP contribution in [-0.2, 0) is 9.53 Å². The third kappa shape index (κ3) is 5.76. The Balaban J connectivity index is 1.58. The van der Waals surface area contributed by atoms with Gasteiger partial charge in [0.25, 0.3) is 0 Å². The van der Waals surface area contributed by atoms with E-state index in [0.29, 0.717) is 23.0 Å². The zero-order chi connectivity index (χ0) is 22.4. The standard InChI is InChI=1S/C24H30N2O5/c1-16-4-9-21(30-2)20(14-16)26-23(29)25-19-7-5-17(6-8-19)18-10-12-24(31-3,13-11-18)15-22(27)28/h4-9,14,18H,10-13,15H2,1-3H3,(H,27,28)(H2,25,26,29). The Hall–Kier alpha value is -3.06. The summed E-state index contributed by atoms with van der Waals surface area (Å²) in [6.07, 6.45) is 3.24. The number of hydrogen-bond acceptors (Lipinski definition) is 4. The fourth-order valence-electron chi connectivity index (χ4n) is 4.25. The number of carbonyl (C=O) groups excluding carboxylic acids is 1. The lowest BCUT2D eigenvalue weighted by Crippen LogP contribution is -2.38. The van der Waals surface area contributed by atoms with E-state index in [0.717, 1.165) is 31.2 Å². The second-order valence-electron chi connectivity index (χ2n) is 8.14. The number of carboxylic acid groups (broad SMARTS) is 1. The van der Waals surface area contributed by atoms with Crippen molar-refractivity contribution in [2.24, 2.45) is 0 Å². The minimum Gasteiger partial charge on any atom is -0.495 e. The van der Waals surface area contributed by atoms with Crippen LogP contribution in [0.5, 0.6) is 5.75 Å². The number of rotatable bonds is 7. The molecular weight excluding hydrogens is 396 g/mol. The fourth-order valence-corrected chi connectivity index (χ4v) is 4.25. The third-order valence-electron chi connectivity index (χ3n) is 6.05. The molecule has 166 valence electrons. The smallest absolute Gasteiger partial charge is 0.323 e. The van der Waals surface area contributed by atoms with E-state index < -0.39 is 11.6 Å². The molecule has 1 aliphatic rings. The first-order chi connectivity index (χ1) is 14.8. The maximum atomic E-state index is 12.4. The number of ether oxygens (including phenoxy) is 2. The Morgan fingerprint density at radius 3 is 2.32 bits per heavy atom. The lowest BCUT2D eigenvalue weighted by atomic mass is 9.74. The Kier molecular flexibility index (Phi) is 7.17. The van der Waals surface area contributed by atoms with Crippen LogP contribution in [0.25, 0.3) is 0 Å². The summed E-state index contributed by atoms with van der Waals surface area (Å²) in [5, 5.41) is 14.8. The van der Waals surface area contributed by atoms with Crippen molar-refractivity contribution in [3.63, 3.8) is 0 Å². The Morgan fingerprint density at radius 1 is 1.06 bits per heavy atom. The molecule has 1 saturated carbocycles. The van der Waals surface area contributed by atoms with Crippen LogP contribution in [-0.4, -0.2) is 36.9 Å². The van der Waals surface area contributed by atoms with Crippen molar-refractivity contribution in [1.82, 2.24) is 0 Å². The van der Waals surface area contributed by atoms with Gasteiger partial charge < -0.3 is 25.2 Å². The number of benzene rings is 2. The number of methoxy groups -OCH3 is 2. The third-order valence-corrected chi connectivity index (χ3v) is 6.05. The highest BCUT2D eigenvalue weighted by Crippen LogP contribution is 2.41. The predicted octanol–water partition coefficient (Wildman–Crippen LogP) is 5.17. The molecule has 7 heteroatoms. The van der Waals surface area contributed by atoms with Gasteiger partial charge in [0.2, 0.25) is 0 Å². The van der Waals surface area contributed by atoms with Gasteiger partial charge in [-0.1, -0.05) is 18.2 Å². The lowest BCUT2D eigenvalue weighted by Gasteiger charge is -2.38. The van der Waals surface area contributed by atoms with E-state index in [1.807, 2.05) is 49.4 Å². The summed E-state index contributed by atoms with van der Waals surface area (Å²) >= 11 is 0. The van der Waals surface area contributed by atoms with Crippen LogP contribution in [0.4, 0.5) is 16.2 Å². The molecular formula is C24H30N2O5. The average Bonchev–Trinajstić information content (AvgIpc) is 2.74. The number of carbonyl (C=O) groups is 2. The molecule has 0 radical (unpaired) electrons. The molecule has 31 heavy (non-hydrogen) atoms. The molecule has 0 bridgehead atoms. The van der Waals surface area contributed by atoms with Crippen molar-refractivity contribution in [1.29, 1.82) is 0 Å². The topological polar surface area (TPSA) is 96.9 Å². The Labute approximate surface area is 182 Å². The van der Waals surface area contributed by atoms with Crippen LogP contribution in [0, 0.1) is 6.92 Å². The van der Waals surface area contributed by atoms with Gasteiger partial charge in [-0.15, -0.1) is 0 Å². The lowest BCUT2D eigenvalue weighted by molar-refractivity contribution is -0.146. The molecule has 0 aliphatic heterocycles. The average molecular weight is 427 g/mol.